The lowest BCUT2D eigenvalue weighted by molar-refractivity contribution is 0.174. The molecule has 6 heteroatoms. The van der Waals surface area contributed by atoms with Gasteiger partial charge in [-0.2, -0.15) is 0 Å². The van der Waals surface area contributed by atoms with Crippen LogP contribution in [0.15, 0.2) is 24.5 Å². The molecule has 0 N–H and O–H groups in total. The second-order valence-electron chi connectivity index (χ2n) is 4.28. The summed E-state index contributed by atoms with van der Waals surface area (Å²) in [5.74, 6) is 2.01. The molecule has 104 valence electrons. The zero-order chi connectivity index (χ0) is 13.9. The molecule has 1 aliphatic heterocycles. The van der Waals surface area contributed by atoms with Crippen LogP contribution in [0.4, 0.5) is 0 Å². The van der Waals surface area contributed by atoms with Gasteiger partial charge in [-0.3, -0.25) is 0 Å². The van der Waals surface area contributed by atoms with Gasteiger partial charge < -0.3 is 14.2 Å². The van der Waals surface area contributed by atoms with E-state index in [0.717, 1.165) is 29.0 Å². The Balaban J connectivity index is 1.75. The molecule has 0 saturated carbocycles. The minimum Gasteiger partial charge on any atom is -0.472 e. The number of halogens is 1. The first-order valence-corrected chi connectivity index (χ1v) is 6.66. The van der Waals surface area contributed by atoms with Gasteiger partial charge in [0.15, 0.2) is 11.5 Å². The van der Waals surface area contributed by atoms with Crippen molar-refractivity contribution in [1.29, 1.82) is 0 Å². The number of nitrogens with zero attached hydrogens (tertiary/aromatic N) is 2. The van der Waals surface area contributed by atoms with E-state index in [4.69, 9.17) is 25.8 Å². The first kappa shape index (κ1) is 13.0. The highest BCUT2D eigenvalue weighted by Gasteiger charge is 2.14. The summed E-state index contributed by atoms with van der Waals surface area (Å²) in [4.78, 5) is 8.07. The summed E-state index contributed by atoms with van der Waals surface area (Å²) in [7, 11) is 0. The van der Waals surface area contributed by atoms with E-state index in [-0.39, 0.29) is 6.79 Å². The van der Waals surface area contributed by atoms with Crippen molar-refractivity contribution in [3.63, 3.8) is 0 Å². The van der Waals surface area contributed by atoms with Gasteiger partial charge >= 0.3 is 0 Å². The molecular formula is C14H13ClN2O3. The van der Waals surface area contributed by atoms with Gasteiger partial charge in [0.05, 0.1) is 5.56 Å². The average molecular weight is 293 g/mol. The fourth-order valence-corrected chi connectivity index (χ4v) is 2.24. The number of hydrogen-bond donors (Lipinski definition) is 0. The first-order valence-electron chi connectivity index (χ1n) is 6.28. The van der Waals surface area contributed by atoms with Crippen molar-refractivity contribution >= 4 is 11.6 Å². The Morgan fingerprint density at radius 1 is 1.25 bits per heavy atom. The Hall–Kier alpha value is -2.01. The van der Waals surface area contributed by atoms with Gasteiger partial charge in [0.1, 0.15) is 18.1 Å². The van der Waals surface area contributed by atoms with Crippen molar-refractivity contribution in [1.82, 2.24) is 9.97 Å². The van der Waals surface area contributed by atoms with Crippen LogP contribution in [0.1, 0.15) is 18.1 Å². The summed E-state index contributed by atoms with van der Waals surface area (Å²) >= 11 is 6.02. The van der Waals surface area contributed by atoms with E-state index in [0.29, 0.717) is 17.6 Å². The molecule has 20 heavy (non-hydrogen) atoms. The highest BCUT2D eigenvalue weighted by molar-refractivity contribution is 6.30. The number of fused-ring (bicyclic) bond motifs is 1. The van der Waals surface area contributed by atoms with Crippen molar-refractivity contribution in [3.05, 3.63) is 40.8 Å². The van der Waals surface area contributed by atoms with Gasteiger partial charge in [-0.25, -0.2) is 9.97 Å². The molecule has 0 aliphatic carbocycles. The molecule has 0 bridgehead atoms. The van der Waals surface area contributed by atoms with Gasteiger partial charge in [-0.05, 0) is 24.1 Å². The molecule has 0 spiro atoms. The summed E-state index contributed by atoms with van der Waals surface area (Å²) in [6.07, 6.45) is 2.12. The minimum atomic E-state index is 0.265. The zero-order valence-corrected chi connectivity index (χ0v) is 11.7. The molecule has 0 fully saturated rings. The number of rotatable bonds is 4. The monoisotopic (exact) mass is 292 g/mol. The maximum atomic E-state index is 6.02. The van der Waals surface area contributed by atoms with Crippen LogP contribution in [-0.4, -0.2) is 16.8 Å². The molecule has 3 rings (SSSR count). The molecule has 1 aromatic carbocycles. The number of benzene rings is 1. The Morgan fingerprint density at radius 3 is 2.95 bits per heavy atom. The van der Waals surface area contributed by atoms with Gasteiger partial charge in [-0.1, -0.05) is 24.6 Å². The molecule has 0 radical (unpaired) electrons. The number of hydrogen-bond acceptors (Lipinski definition) is 5. The Bertz CT molecular complexity index is 634. The second-order valence-corrected chi connectivity index (χ2v) is 4.64. The fourth-order valence-electron chi connectivity index (χ4n) is 1.98. The van der Waals surface area contributed by atoms with Crippen molar-refractivity contribution in [2.75, 3.05) is 6.79 Å². The topological polar surface area (TPSA) is 53.5 Å². The van der Waals surface area contributed by atoms with E-state index in [2.05, 4.69) is 9.97 Å². The lowest BCUT2D eigenvalue weighted by Crippen LogP contribution is -2.02. The summed E-state index contributed by atoms with van der Waals surface area (Å²) in [5, 5.41) is 0.434. The van der Waals surface area contributed by atoms with E-state index in [1.807, 2.05) is 25.1 Å². The molecule has 2 heterocycles. The fraction of sp³-hybridized carbons (Fsp3) is 0.286. The molecule has 0 atom stereocenters. The van der Waals surface area contributed by atoms with Crippen LogP contribution in [0.25, 0.3) is 0 Å². The molecule has 1 aliphatic rings. The third kappa shape index (κ3) is 2.49. The molecular weight excluding hydrogens is 280 g/mol. The van der Waals surface area contributed by atoms with Crippen LogP contribution in [0, 0.1) is 0 Å². The van der Waals surface area contributed by atoms with E-state index < -0.39 is 0 Å². The van der Waals surface area contributed by atoms with E-state index in [9.17, 15) is 0 Å². The van der Waals surface area contributed by atoms with Crippen molar-refractivity contribution in [3.8, 4) is 17.4 Å². The van der Waals surface area contributed by atoms with Gasteiger partial charge in [0.2, 0.25) is 12.7 Å². The molecule has 2 aromatic rings. The van der Waals surface area contributed by atoms with Crippen molar-refractivity contribution in [2.45, 2.75) is 20.0 Å². The Morgan fingerprint density at radius 2 is 2.10 bits per heavy atom. The van der Waals surface area contributed by atoms with Crippen molar-refractivity contribution in [2.24, 2.45) is 0 Å². The van der Waals surface area contributed by atoms with Crippen molar-refractivity contribution < 1.29 is 14.2 Å². The first-order chi connectivity index (χ1) is 9.78. The van der Waals surface area contributed by atoms with Gasteiger partial charge in [-0.15, -0.1) is 0 Å². The van der Waals surface area contributed by atoms with Gasteiger partial charge in [0, 0.05) is 0 Å². The third-order valence-electron chi connectivity index (χ3n) is 3.02. The summed E-state index contributed by atoms with van der Waals surface area (Å²) < 4.78 is 16.3. The minimum absolute atomic E-state index is 0.265. The zero-order valence-electron chi connectivity index (χ0n) is 10.9. The maximum absolute atomic E-state index is 6.02. The lowest BCUT2D eigenvalue weighted by atomic mass is 10.2. The predicted molar refractivity (Wildman–Crippen MR) is 73.3 cm³/mol. The van der Waals surface area contributed by atoms with E-state index in [1.54, 1.807) is 0 Å². The number of ether oxygens (including phenoxy) is 3. The standard InChI is InChI=1S/C14H13ClN2O3/c1-2-10-13(15)16-7-17-14(10)18-6-9-3-4-11-12(5-9)20-8-19-11/h3-5,7H,2,6,8H2,1H3. The molecule has 0 saturated heterocycles. The largest absolute Gasteiger partial charge is 0.472 e. The SMILES string of the molecule is CCc1c(Cl)ncnc1OCc1ccc2c(c1)OCO2. The highest BCUT2D eigenvalue weighted by atomic mass is 35.5. The molecule has 0 amide bonds. The van der Waals surface area contributed by atoms with Crippen LogP contribution < -0.4 is 14.2 Å². The molecule has 0 unspecified atom stereocenters. The second kappa shape index (κ2) is 5.54. The normalized spacial score (nSPS) is 12.5. The summed E-state index contributed by atoms with van der Waals surface area (Å²) in [5.41, 5.74) is 1.79. The third-order valence-corrected chi connectivity index (χ3v) is 3.35. The summed E-state index contributed by atoms with van der Waals surface area (Å²) in [6.45, 7) is 2.64. The Kier molecular flexibility index (Phi) is 3.60. The molecule has 5 nitrogen and oxygen atoms in total. The average Bonchev–Trinajstić information content (AvgIpc) is 2.92. The van der Waals surface area contributed by atoms with Crippen LogP contribution in [0.5, 0.6) is 17.4 Å². The van der Waals surface area contributed by atoms with Crippen LogP contribution in [-0.2, 0) is 13.0 Å². The van der Waals surface area contributed by atoms with Crippen LogP contribution in [0.3, 0.4) is 0 Å². The van der Waals surface area contributed by atoms with Gasteiger partial charge in [0.25, 0.3) is 0 Å². The van der Waals surface area contributed by atoms with E-state index >= 15 is 0 Å². The summed E-state index contributed by atoms with van der Waals surface area (Å²) in [6, 6.07) is 5.70. The smallest absolute Gasteiger partial charge is 0.231 e. The molecule has 1 aromatic heterocycles. The predicted octanol–water partition coefficient (Wildman–Crippen LogP) is 3.00. The van der Waals surface area contributed by atoms with Crippen LogP contribution in [0.2, 0.25) is 5.15 Å². The lowest BCUT2D eigenvalue weighted by Gasteiger charge is -2.10. The van der Waals surface area contributed by atoms with Crippen LogP contribution >= 0.6 is 11.6 Å². The Labute approximate surface area is 121 Å². The van der Waals surface area contributed by atoms with E-state index in [1.165, 1.54) is 6.33 Å². The quantitative estimate of drug-likeness (QED) is 0.811. The number of aromatic nitrogens is 2. The highest BCUT2D eigenvalue weighted by Crippen LogP contribution is 2.33. The maximum Gasteiger partial charge on any atom is 0.231 e.